The van der Waals surface area contributed by atoms with E-state index in [0.717, 1.165) is 49.7 Å². The first-order valence-electron chi connectivity index (χ1n) is 13.8. The van der Waals surface area contributed by atoms with Crippen LogP contribution in [0.1, 0.15) is 47.8 Å². The molecule has 1 unspecified atom stereocenters. The van der Waals surface area contributed by atoms with Gasteiger partial charge in [-0.2, -0.15) is 15.2 Å². The van der Waals surface area contributed by atoms with Gasteiger partial charge in [0.1, 0.15) is 12.4 Å². The molecule has 2 fully saturated rings. The quantitative estimate of drug-likeness (QED) is 0.532. The third-order valence-corrected chi connectivity index (χ3v) is 8.32. The van der Waals surface area contributed by atoms with E-state index in [-0.39, 0.29) is 12.1 Å². The first-order chi connectivity index (χ1) is 18.6. The fourth-order valence-electron chi connectivity index (χ4n) is 6.21. The van der Waals surface area contributed by atoms with Crippen molar-refractivity contribution in [3.8, 4) is 12.1 Å². The molecule has 198 valence electrons. The van der Waals surface area contributed by atoms with Gasteiger partial charge >= 0.3 is 6.01 Å². The third kappa shape index (κ3) is 4.94. The summed E-state index contributed by atoms with van der Waals surface area (Å²) in [5.74, 6) is 0.891. The number of ether oxygens (including phenoxy) is 2. The number of nitrogens with zero attached hydrogens (tertiary/aromatic N) is 5. The maximum absolute atomic E-state index is 9.26. The third-order valence-electron chi connectivity index (χ3n) is 8.32. The second-order valence-electron chi connectivity index (χ2n) is 10.8. The van der Waals surface area contributed by atoms with Crippen LogP contribution in [0.4, 0.5) is 5.82 Å². The zero-order valence-electron chi connectivity index (χ0n) is 22.3. The highest BCUT2D eigenvalue weighted by molar-refractivity contribution is 5.89. The molecule has 0 amide bonds. The molecule has 3 atom stereocenters. The number of piperazine rings is 1. The van der Waals surface area contributed by atoms with E-state index in [4.69, 9.17) is 19.4 Å². The topological polar surface area (TPSA) is 86.5 Å². The minimum atomic E-state index is -0.0850. The molecule has 6 rings (SSSR count). The van der Waals surface area contributed by atoms with Crippen LogP contribution in [-0.2, 0) is 17.8 Å². The van der Waals surface area contributed by atoms with Crippen molar-refractivity contribution in [1.29, 1.82) is 5.26 Å². The number of hydrogen-bond donors (Lipinski definition) is 1. The SMILES string of the molecule is Cc1cccc2cccc(C3Cc4nc(OC[C@H]5CCCN5C)nc(N5CCN[C@@H](CC#N)C5)c4CO3)c12. The number of likely N-dealkylation sites (N-methyl/N-ethyl adjacent to an activating group) is 1. The van der Waals surface area contributed by atoms with E-state index in [1.807, 2.05) is 0 Å². The molecule has 3 aromatic rings. The van der Waals surface area contributed by atoms with Gasteiger partial charge in [0.05, 0.1) is 30.9 Å². The Bertz CT molecular complexity index is 1350. The lowest BCUT2D eigenvalue weighted by atomic mass is 9.92. The molecule has 8 nitrogen and oxygen atoms in total. The minimum Gasteiger partial charge on any atom is -0.462 e. The minimum absolute atomic E-state index is 0.0850. The molecule has 4 heterocycles. The van der Waals surface area contributed by atoms with Crippen LogP contribution in [0.15, 0.2) is 36.4 Å². The van der Waals surface area contributed by atoms with Crippen molar-refractivity contribution in [2.75, 3.05) is 44.7 Å². The van der Waals surface area contributed by atoms with Crippen LogP contribution in [-0.4, -0.2) is 66.8 Å². The van der Waals surface area contributed by atoms with Crippen molar-refractivity contribution < 1.29 is 9.47 Å². The average molecular weight is 513 g/mol. The van der Waals surface area contributed by atoms with Gasteiger partial charge in [-0.3, -0.25) is 0 Å². The number of aromatic nitrogens is 2. The predicted molar refractivity (Wildman–Crippen MR) is 147 cm³/mol. The first-order valence-corrected chi connectivity index (χ1v) is 13.8. The summed E-state index contributed by atoms with van der Waals surface area (Å²) in [6.45, 7) is 6.68. The van der Waals surface area contributed by atoms with Crippen LogP contribution in [0.5, 0.6) is 6.01 Å². The standard InChI is InChI=1S/C30H36N6O2/c1-20-6-3-7-21-8-4-10-24(28(20)21)27-16-26-25(19-37-27)29(36-15-13-32-22(17-36)11-12-31)34-30(33-26)38-18-23-9-5-14-35(23)2/h3-4,6-8,10,22-23,27,32H,5,9,11,13-19H2,1-2H3/t22-,23+,27?/m0/s1. The van der Waals surface area contributed by atoms with Gasteiger partial charge in [0, 0.05) is 43.7 Å². The van der Waals surface area contributed by atoms with E-state index in [9.17, 15) is 5.26 Å². The predicted octanol–water partition coefficient (Wildman–Crippen LogP) is 3.92. The lowest BCUT2D eigenvalue weighted by molar-refractivity contribution is 0.0265. The molecular formula is C30H36N6O2. The summed E-state index contributed by atoms with van der Waals surface area (Å²) in [5.41, 5.74) is 4.51. The molecular weight excluding hydrogens is 476 g/mol. The Morgan fingerprint density at radius 2 is 2.05 bits per heavy atom. The Labute approximate surface area is 224 Å². The molecule has 0 bridgehead atoms. The number of fused-ring (bicyclic) bond motifs is 2. The van der Waals surface area contributed by atoms with Gasteiger partial charge in [-0.25, -0.2) is 0 Å². The number of nitriles is 1. The fraction of sp³-hybridized carbons (Fsp3) is 0.500. The van der Waals surface area contributed by atoms with Gasteiger partial charge in [0.25, 0.3) is 0 Å². The smallest absolute Gasteiger partial charge is 0.318 e. The lowest BCUT2D eigenvalue weighted by Gasteiger charge is -2.36. The van der Waals surface area contributed by atoms with Crippen molar-refractivity contribution in [3.63, 3.8) is 0 Å². The second kappa shape index (κ2) is 10.9. The molecule has 0 aliphatic carbocycles. The average Bonchev–Trinajstić information content (AvgIpc) is 3.35. The molecule has 0 radical (unpaired) electrons. The van der Waals surface area contributed by atoms with Gasteiger partial charge in [-0.15, -0.1) is 0 Å². The van der Waals surface area contributed by atoms with Crippen LogP contribution in [0.25, 0.3) is 10.8 Å². The summed E-state index contributed by atoms with van der Waals surface area (Å²) in [6.07, 6.45) is 3.40. The molecule has 38 heavy (non-hydrogen) atoms. The van der Waals surface area contributed by atoms with E-state index in [1.165, 1.54) is 28.3 Å². The largest absolute Gasteiger partial charge is 0.462 e. The Morgan fingerprint density at radius 3 is 2.87 bits per heavy atom. The molecule has 2 aromatic carbocycles. The Kier molecular flexibility index (Phi) is 7.16. The normalized spacial score (nSPS) is 23.8. The number of benzene rings is 2. The van der Waals surface area contributed by atoms with Gasteiger partial charge in [0.2, 0.25) is 0 Å². The maximum Gasteiger partial charge on any atom is 0.318 e. The fourth-order valence-corrected chi connectivity index (χ4v) is 6.21. The molecule has 0 saturated carbocycles. The van der Waals surface area contributed by atoms with E-state index in [0.29, 0.717) is 38.1 Å². The van der Waals surface area contributed by atoms with Gasteiger partial charge in [-0.05, 0) is 55.3 Å². The summed E-state index contributed by atoms with van der Waals surface area (Å²) in [7, 11) is 2.16. The molecule has 3 aliphatic heterocycles. The molecule has 8 heteroatoms. The molecule has 3 aliphatic rings. The van der Waals surface area contributed by atoms with Crippen LogP contribution in [0, 0.1) is 18.3 Å². The van der Waals surface area contributed by atoms with Crippen LogP contribution in [0.2, 0.25) is 0 Å². The first kappa shape index (κ1) is 25.1. The number of likely N-dealkylation sites (tertiary alicyclic amines) is 1. The highest BCUT2D eigenvalue weighted by Crippen LogP contribution is 2.38. The van der Waals surface area contributed by atoms with Crippen LogP contribution in [0.3, 0.4) is 0 Å². The van der Waals surface area contributed by atoms with Gasteiger partial charge in [0.15, 0.2) is 0 Å². The van der Waals surface area contributed by atoms with Crippen molar-refractivity contribution >= 4 is 16.6 Å². The number of nitrogens with one attached hydrogen (secondary N) is 1. The Morgan fingerprint density at radius 1 is 1.18 bits per heavy atom. The summed E-state index contributed by atoms with van der Waals surface area (Å²) in [5, 5.41) is 15.2. The van der Waals surface area contributed by atoms with Gasteiger partial charge in [-0.1, -0.05) is 36.4 Å². The Hall–Kier alpha value is -3.25. The summed E-state index contributed by atoms with van der Waals surface area (Å²) >= 11 is 0. The maximum atomic E-state index is 9.26. The lowest BCUT2D eigenvalue weighted by Crippen LogP contribution is -2.51. The second-order valence-corrected chi connectivity index (χ2v) is 10.8. The van der Waals surface area contributed by atoms with Crippen molar-refractivity contribution in [1.82, 2.24) is 20.2 Å². The van der Waals surface area contributed by atoms with Crippen molar-refractivity contribution in [2.45, 2.75) is 57.4 Å². The molecule has 0 spiro atoms. The number of anilines is 1. The number of hydrogen-bond acceptors (Lipinski definition) is 8. The molecule has 1 aromatic heterocycles. The van der Waals surface area contributed by atoms with E-state index >= 15 is 0 Å². The number of rotatable bonds is 6. The van der Waals surface area contributed by atoms with E-state index in [2.05, 4.69) is 71.6 Å². The molecule has 2 saturated heterocycles. The van der Waals surface area contributed by atoms with Crippen molar-refractivity contribution in [2.24, 2.45) is 0 Å². The van der Waals surface area contributed by atoms with E-state index < -0.39 is 0 Å². The summed E-state index contributed by atoms with van der Waals surface area (Å²) < 4.78 is 12.8. The van der Waals surface area contributed by atoms with Crippen molar-refractivity contribution in [3.05, 3.63) is 58.8 Å². The summed E-state index contributed by atoms with van der Waals surface area (Å²) in [6, 6.07) is 16.2. The molecule has 1 N–H and O–H groups in total. The van der Waals surface area contributed by atoms with E-state index in [1.54, 1.807) is 0 Å². The summed E-state index contributed by atoms with van der Waals surface area (Å²) in [4.78, 5) is 14.5. The van der Waals surface area contributed by atoms with Crippen LogP contribution >= 0.6 is 0 Å². The zero-order chi connectivity index (χ0) is 26.1. The monoisotopic (exact) mass is 512 g/mol. The highest BCUT2D eigenvalue weighted by Gasteiger charge is 2.31. The Balaban J connectivity index is 1.34. The highest BCUT2D eigenvalue weighted by atomic mass is 16.5. The zero-order valence-corrected chi connectivity index (χ0v) is 22.3. The van der Waals surface area contributed by atoms with Gasteiger partial charge < -0.3 is 24.6 Å². The number of aryl methyl sites for hydroxylation is 1. The van der Waals surface area contributed by atoms with Crippen LogP contribution < -0.4 is 15.0 Å².